The summed E-state index contributed by atoms with van der Waals surface area (Å²) in [5.74, 6) is 0. The van der Waals surface area contributed by atoms with Gasteiger partial charge < -0.3 is 10.6 Å². The van der Waals surface area contributed by atoms with Crippen LogP contribution in [-0.4, -0.2) is 18.6 Å². The van der Waals surface area contributed by atoms with E-state index in [1.165, 1.54) is 0 Å². The van der Waals surface area contributed by atoms with Gasteiger partial charge in [0.1, 0.15) is 0 Å². The highest BCUT2D eigenvalue weighted by Gasteiger charge is 2.11. The van der Waals surface area contributed by atoms with Crippen LogP contribution in [0, 0.1) is 0 Å². The molecule has 0 radical (unpaired) electrons. The molecule has 0 aliphatic heterocycles. The van der Waals surface area contributed by atoms with Gasteiger partial charge in [0.05, 0.1) is 0 Å². The average Bonchev–Trinajstić information content (AvgIpc) is 2.57. The number of amides is 2. The minimum atomic E-state index is -0.0258. The first-order valence-electron chi connectivity index (χ1n) is 5.02. The predicted octanol–water partition coefficient (Wildman–Crippen LogP) is 1.80. The lowest BCUT2D eigenvalue weighted by Crippen LogP contribution is -2.41. The van der Waals surface area contributed by atoms with Crippen LogP contribution < -0.4 is 10.6 Å². The molecule has 2 amide bonds. The standard InChI is InChI=1S/C10H18N2O/c1-2-3-8-11-10(13)12-9-6-4-5-7-9/h4-5,9H,2-3,6-8H2,1H3,(H2,11,12,13). The Kier molecular flexibility index (Phi) is 4.36. The fourth-order valence-electron chi connectivity index (χ4n) is 1.35. The van der Waals surface area contributed by atoms with Gasteiger partial charge in [-0.3, -0.25) is 0 Å². The smallest absolute Gasteiger partial charge is 0.315 e. The molecule has 74 valence electrons. The molecule has 0 aromatic rings. The molecule has 2 N–H and O–H groups in total. The summed E-state index contributed by atoms with van der Waals surface area (Å²) in [4.78, 5) is 11.2. The Bertz CT molecular complexity index is 181. The van der Waals surface area contributed by atoms with Crippen LogP contribution in [0.2, 0.25) is 0 Å². The van der Waals surface area contributed by atoms with Gasteiger partial charge >= 0.3 is 6.03 Å². The van der Waals surface area contributed by atoms with Crippen molar-refractivity contribution in [3.8, 4) is 0 Å². The molecule has 0 fully saturated rings. The third-order valence-electron chi connectivity index (χ3n) is 2.16. The number of unbranched alkanes of at least 4 members (excludes halogenated alkanes) is 1. The first-order valence-corrected chi connectivity index (χ1v) is 5.02. The maximum Gasteiger partial charge on any atom is 0.315 e. The minimum absolute atomic E-state index is 0.0258. The van der Waals surface area contributed by atoms with E-state index in [2.05, 4.69) is 29.7 Å². The molecular formula is C10H18N2O. The number of carbonyl (C=O) groups is 1. The summed E-state index contributed by atoms with van der Waals surface area (Å²) < 4.78 is 0. The number of rotatable bonds is 4. The molecule has 0 heterocycles. The van der Waals surface area contributed by atoms with Crippen molar-refractivity contribution >= 4 is 6.03 Å². The molecule has 1 rings (SSSR count). The summed E-state index contributed by atoms with van der Waals surface area (Å²) in [5, 5.41) is 5.76. The molecule has 3 nitrogen and oxygen atoms in total. The number of carbonyl (C=O) groups excluding carboxylic acids is 1. The zero-order chi connectivity index (χ0) is 9.52. The molecule has 3 heteroatoms. The Balaban J connectivity index is 2.03. The SMILES string of the molecule is CCCCNC(=O)NC1CC=CC1. The minimum Gasteiger partial charge on any atom is -0.338 e. The van der Waals surface area contributed by atoms with E-state index in [1.807, 2.05) is 0 Å². The van der Waals surface area contributed by atoms with E-state index in [0.717, 1.165) is 32.2 Å². The van der Waals surface area contributed by atoms with E-state index in [4.69, 9.17) is 0 Å². The monoisotopic (exact) mass is 182 g/mol. The molecule has 0 aromatic carbocycles. The van der Waals surface area contributed by atoms with Crippen molar-refractivity contribution in [3.63, 3.8) is 0 Å². The lowest BCUT2D eigenvalue weighted by atomic mass is 10.2. The second kappa shape index (κ2) is 5.62. The molecule has 0 aromatic heterocycles. The molecular weight excluding hydrogens is 164 g/mol. The number of hydrogen-bond donors (Lipinski definition) is 2. The zero-order valence-corrected chi connectivity index (χ0v) is 8.18. The second-order valence-electron chi connectivity index (χ2n) is 3.39. The van der Waals surface area contributed by atoms with E-state index in [9.17, 15) is 4.79 Å². The van der Waals surface area contributed by atoms with Gasteiger partial charge in [0.15, 0.2) is 0 Å². The molecule has 0 bridgehead atoms. The van der Waals surface area contributed by atoms with Crippen LogP contribution in [-0.2, 0) is 0 Å². The van der Waals surface area contributed by atoms with E-state index >= 15 is 0 Å². The Morgan fingerprint density at radius 2 is 2.15 bits per heavy atom. The molecule has 1 aliphatic carbocycles. The Labute approximate surface area is 79.6 Å². The lowest BCUT2D eigenvalue weighted by Gasteiger charge is -2.12. The fourth-order valence-corrected chi connectivity index (χ4v) is 1.35. The highest BCUT2D eigenvalue weighted by molar-refractivity contribution is 5.74. The summed E-state index contributed by atoms with van der Waals surface area (Å²) in [6.45, 7) is 2.89. The summed E-state index contributed by atoms with van der Waals surface area (Å²) in [6, 6.07) is 0.295. The normalized spacial score (nSPS) is 16.1. The third-order valence-corrected chi connectivity index (χ3v) is 2.16. The summed E-state index contributed by atoms with van der Waals surface area (Å²) in [7, 11) is 0. The highest BCUT2D eigenvalue weighted by Crippen LogP contribution is 2.08. The first-order chi connectivity index (χ1) is 6.33. The van der Waals surface area contributed by atoms with Crippen LogP contribution in [0.5, 0.6) is 0 Å². The summed E-state index contributed by atoms with van der Waals surface area (Å²) >= 11 is 0. The van der Waals surface area contributed by atoms with E-state index in [0.29, 0.717) is 6.04 Å². The fraction of sp³-hybridized carbons (Fsp3) is 0.700. The van der Waals surface area contributed by atoms with E-state index in [-0.39, 0.29) is 6.03 Å². The van der Waals surface area contributed by atoms with Gasteiger partial charge in [-0.25, -0.2) is 4.79 Å². The number of hydrogen-bond acceptors (Lipinski definition) is 1. The summed E-state index contributed by atoms with van der Waals surface area (Å²) in [5.41, 5.74) is 0. The van der Waals surface area contributed by atoms with Gasteiger partial charge in [-0.05, 0) is 19.3 Å². The molecule has 0 saturated heterocycles. The zero-order valence-electron chi connectivity index (χ0n) is 8.18. The largest absolute Gasteiger partial charge is 0.338 e. The lowest BCUT2D eigenvalue weighted by molar-refractivity contribution is 0.237. The highest BCUT2D eigenvalue weighted by atomic mass is 16.2. The van der Waals surface area contributed by atoms with Crippen LogP contribution in [0.1, 0.15) is 32.6 Å². The van der Waals surface area contributed by atoms with Crippen LogP contribution >= 0.6 is 0 Å². The topological polar surface area (TPSA) is 41.1 Å². The van der Waals surface area contributed by atoms with Gasteiger partial charge in [-0.15, -0.1) is 0 Å². The molecule has 0 spiro atoms. The van der Waals surface area contributed by atoms with E-state index in [1.54, 1.807) is 0 Å². The Morgan fingerprint density at radius 3 is 2.77 bits per heavy atom. The number of nitrogens with one attached hydrogen (secondary N) is 2. The molecule has 0 unspecified atom stereocenters. The van der Waals surface area contributed by atoms with Crippen molar-refractivity contribution in [2.75, 3.05) is 6.54 Å². The van der Waals surface area contributed by atoms with Crippen LogP contribution in [0.15, 0.2) is 12.2 Å². The Hall–Kier alpha value is -0.990. The van der Waals surface area contributed by atoms with Crippen LogP contribution in [0.4, 0.5) is 4.79 Å². The van der Waals surface area contributed by atoms with Crippen molar-refractivity contribution in [1.29, 1.82) is 0 Å². The van der Waals surface area contributed by atoms with Crippen LogP contribution in [0.25, 0.3) is 0 Å². The predicted molar refractivity (Wildman–Crippen MR) is 53.6 cm³/mol. The van der Waals surface area contributed by atoms with Gasteiger partial charge in [0, 0.05) is 12.6 Å². The van der Waals surface area contributed by atoms with Crippen molar-refractivity contribution < 1.29 is 4.79 Å². The number of urea groups is 1. The summed E-state index contributed by atoms with van der Waals surface area (Å²) in [6.07, 6.45) is 8.33. The third kappa shape index (κ3) is 3.97. The average molecular weight is 182 g/mol. The van der Waals surface area contributed by atoms with Gasteiger partial charge in [-0.1, -0.05) is 25.5 Å². The van der Waals surface area contributed by atoms with Crippen molar-refractivity contribution in [3.05, 3.63) is 12.2 Å². The first kappa shape index (κ1) is 10.1. The van der Waals surface area contributed by atoms with Crippen molar-refractivity contribution in [1.82, 2.24) is 10.6 Å². The Morgan fingerprint density at radius 1 is 1.46 bits per heavy atom. The molecule has 13 heavy (non-hydrogen) atoms. The van der Waals surface area contributed by atoms with Crippen molar-refractivity contribution in [2.45, 2.75) is 38.6 Å². The van der Waals surface area contributed by atoms with Crippen molar-refractivity contribution in [2.24, 2.45) is 0 Å². The molecule has 0 atom stereocenters. The quantitative estimate of drug-likeness (QED) is 0.505. The second-order valence-corrected chi connectivity index (χ2v) is 3.39. The molecule has 0 saturated carbocycles. The van der Waals surface area contributed by atoms with Gasteiger partial charge in [0.2, 0.25) is 0 Å². The maximum atomic E-state index is 11.2. The van der Waals surface area contributed by atoms with Crippen LogP contribution in [0.3, 0.4) is 0 Å². The van der Waals surface area contributed by atoms with E-state index < -0.39 is 0 Å². The van der Waals surface area contributed by atoms with Gasteiger partial charge in [0.25, 0.3) is 0 Å². The molecule has 1 aliphatic rings. The van der Waals surface area contributed by atoms with Gasteiger partial charge in [-0.2, -0.15) is 0 Å². The maximum absolute atomic E-state index is 11.2.